The van der Waals surface area contributed by atoms with Gasteiger partial charge in [-0.15, -0.1) is 11.3 Å². The van der Waals surface area contributed by atoms with Crippen LogP contribution in [0.3, 0.4) is 0 Å². The third kappa shape index (κ3) is 5.15. The molecule has 150 valence electrons. The number of carbonyl (C=O) groups excluding carboxylic acids is 2. The quantitative estimate of drug-likeness (QED) is 0.534. The van der Waals surface area contributed by atoms with Crippen molar-refractivity contribution in [2.24, 2.45) is 0 Å². The van der Waals surface area contributed by atoms with E-state index in [2.05, 4.69) is 10.1 Å². The highest BCUT2D eigenvalue weighted by Gasteiger charge is 2.16. The van der Waals surface area contributed by atoms with Crippen molar-refractivity contribution in [3.05, 3.63) is 82.7 Å². The van der Waals surface area contributed by atoms with Crippen molar-refractivity contribution in [1.82, 2.24) is 10.9 Å². The van der Waals surface area contributed by atoms with Crippen molar-refractivity contribution < 1.29 is 26.8 Å². The minimum Gasteiger partial charge on any atom is -0.279 e. The monoisotopic (exact) mass is 437 g/mol. The van der Waals surface area contributed by atoms with Gasteiger partial charge < -0.3 is 0 Å². The zero-order chi connectivity index (χ0) is 21.0. The Kier molecular flexibility index (Phi) is 5.89. The van der Waals surface area contributed by atoms with Crippen LogP contribution in [0, 0.1) is 11.6 Å². The SMILES string of the molecule is O=C(NNC(=O)c1cc(F)cc(F)c1)c1ccc(NS(=O)(=O)c2cccs2)cc1. The first-order chi connectivity index (χ1) is 13.7. The molecule has 2 aromatic carbocycles. The fraction of sp³-hybridized carbons (Fsp3) is 0. The Morgan fingerprint density at radius 1 is 0.828 bits per heavy atom. The first-order valence-corrected chi connectivity index (χ1v) is 10.3. The predicted octanol–water partition coefficient (Wildman–Crippen LogP) is 2.90. The smallest absolute Gasteiger partial charge is 0.271 e. The van der Waals surface area contributed by atoms with Gasteiger partial charge in [0.25, 0.3) is 21.8 Å². The molecule has 0 aliphatic heterocycles. The molecule has 1 aromatic heterocycles. The van der Waals surface area contributed by atoms with Gasteiger partial charge >= 0.3 is 0 Å². The number of thiophene rings is 1. The van der Waals surface area contributed by atoms with Crippen LogP contribution in [-0.4, -0.2) is 20.2 Å². The van der Waals surface area contributed by atoms with Crippen molar-refractivity contribution in [2.75, 3.05) is 4.72 Å². The molecule has 1 heterocycles. The van der Waals surface area contributed by atoms with Gasteiger partial charge in [0.2, 0.25) is 0 Å². The lowest BCUT2D eigenvalue weighted by atomic mass is 10.2. The molecule has 3 rings (SSSR count). The highest BCUT2D eigenvalue weighted by molar-refractivity contribution is 7.94. The summed E-state index contributed by atoms with van der Waals surface area (Å²) < 4.78 is 53.1. The van der Waals surface area contributed by atoms with E-state index in [0.29, 0.717) is 6.07 Å². The maximum Gasteiger partial charge on any atom is 0.271 e. The third-order valence-corrected chi connectivity index (χ3v) is 6.35. The summed E-state index contributed by atoms with van der Waals surface area (Å²) in [4.78, 5) is 24.0. The van der Waals surface area contributed by atoms with E-state index < -0.39 is 33.5 Å². The van der Waals surface area contributed by atoms with Gasteiger partial charge in [0.15, 0.2) is 0 Å². The fourth-order valence-electron chi connectivity index (χ4n) is 2.25. The number of nitrogens with one attached hydrogen (secondary N) is 3. The molecule has 0 fully saturated rings. The molecular weight excluding hydrogens is 424 g/mol. The number of benzene rings is 2. The van der Waals surface area contributed by atoms with Crippen LogP contribution in [0.15, 0.2) is 64.2 Å². The average molecular weight is 437 g/mol. The fourth-order valence-corrected chi connectivity index (χ4v) is 4.31. The first kappa shape index (κ1) is 20.4. The summed E-state index contributed by atoms with van der Waals surface area (Å²) >= 11 is 1.06. The van der Waals surface area contributed by atoms with Crippen LogP contribution in [-0.2, 0) is 10.0 Å². The molecule has 0 aliphatic rings. The molecule has 0 bridgehead atoms. The Bertz CT molecular complexity index is 1130. The highest BCUT2D eigenvalue weighted by atomic mass is 32.2. The maximum atomic E-state index is 13.1. The second kappa shape index (κ2) is 8.37. The highest BCUT2D eigenvalue weighted by Crippen LogP contribution is 2.20. The van der Waals surface area contributed by atoms with Crippen molar-refractivity contribution in [3.63, 3.8) is 0 Å². The summed E-state index contributed by atoms with van der Waals surface area (Å²) in [6.45, 7) is 0. The number of sulfonamides is 1. The van der Waals surface area contributed by atoms with Gasteiger partial charge in [0.1, 0.15) is 15.8 Å². The molecule has 0 saturated heterocycles. The zero-order valence-corrected chi connectivity index (χ0v) is 16.1. The second-order valence-corrected chi connectivity index (χ2v) is 8.54. The molecule has 2 amide bonds. The topological polar surface area (TPSA) is 104 Å². The number of hydrazine groups is 1. The van der Waals surface area contributed by atoms with E-state index >= 15 is 0 Å². The van der Waals surface area contributed by atoms with Gasteiger partial charge in [-0.1, -0.05) is 6.07 Å². The number of hydrogen-bond donors (Lipinski definition) is 3. The molecule has 0 saturated carbocycles. The molecule has 3 N–H and O–H groups in total. The Hall–Kier alpha value is -3.31. The van der Waals surface area contributed by atoms with E-state index in [-0.39, 0.29) is 21.0 Å². The Morgan fingerprint density at radius 2 is 1.41 bits per heavy atom. The van der Waals surface area contributed by atoms with Crippen LogP contribution >= 0.6 is 11.3 Å². The number of amides is 2. The first-order valence-electron chi connectivity index (χ1n) is 7.98. The number of carbonyl (C=O) groups is 2. The normalized spacial score (nSPS) is 11.0. The van der Waals surface area contributed by atoms with Crippen LogP contribution in [0.5, 0.6) is 0 Å². The van der Waals surface area contributed by atoms with Gasteiger partial charge in [0, 0.05) is 22.9 Å². The molecule has 7 nitrogen and oxygen atoms in total. The van der Waals surface area contributed by atoms with Gasteiger partial charge in [0.05, 0.1) is 0 Å². The average Bonchev–Trinajstić information content (AvgIpc) is 3.21. The molecule has 3 aromatic rings. The van der Waals surface area contributed by atoms with Crippen molar-refractivity contribution in [3.8, 4) is 0 Å². The number of halogens is 2. The standard InChI is InChI=1S/C18H13F2N3O4S2/c19-13-8-12(9-14(20)10-13)18(25)22-21-17(24)11-3-5-15(6-4-11)23-29(26,27)16-2-1-7-28-16/h1-10,23H,(H,21,24)(H,22,25). The molecule has 0 radical (unpaired) electrons. The van der Waals surface area contributed by atoms with Crippen LogP contribution in [0.4, 0.5) is 14.5 Å². The molecule has 0 atom stereocenters. The molecule has 0 spiro atoms. The maximum absolute atomic E-state index is 13.1. The molecule has 11 heteroatoms. The van der Waals surface area contributed by atoms with Crippen molar-refractivity contribution in [1.29, 1.82) is 0 Å². The molecule has 0 aliphatic carbocycles. The van der Waals surface area contributed by atoms with Crippen LogP contribution in [0.25, 0.3) is 0 Å². The van der Waals surface area contributed by atoms with E-state index in [9.17, 15) is 26.8 Å². The van der Waals surface area contributed by atoms with Gasteiger partial charge in [-0.3, -0.25) is 25.2 Å². The number of rotatable bonds is 5. The number of hydrogen-bond acceptors (Lipinski definition) is 5. The lowest BCUT2D eigenvalue weighted by molar-refractivity contribution is 0.0846. The lowest BCUT2D eigenvalue weighted by Crippen LogP contribution is -2.41. The van der Waals surface area contributed by atoms with Crippen LogP contribution in [0.1, 0.15) is 20.7 Å². The minimum atomic E-state index is -3.71. The van der Waals surface area contributed by atoms with E-state index in [4.69, 9.17) is 0 Å². The van der Waals surface area contributed by atoms with E-state index in [1.165, 1.54) is 30.3 Å². The predicted molar refractivity (Wildman–Crippen MR) is 103 cm³/mol. The summed E-state index contributed by atoms with van der Waals surface area (Å²) in [5, 5.41) is 1.63. The number of anilines is 1. The Morgan fingerprint density at radius 3 is 1.97 bits per heavy atom. The van der Waals surface area contributed by atoms with E-state index in [0.717, 1.165) is 23.5 Å². The van der Waals surface area contributed by atoms with Gasteiger partial charge in [-0.05, 0) is 47.8 Å². The Labute approximate surface area is 168 Å². The summed E-state index contributed by atoms with van der Waals surface area (Å²) in [5.41, 5.74) is 4.21. The minimum absolute atomic E-state index is 0.120. The van der Waals surface area contributed by atoms with Crippen LogP contribution in [0.2, 0.25) is 0 Å². The van der Waals surface area contributed by atoms with E-state index in [1.807, 2.05) is 5.43 Å². The van der Waals surface area contributed by atoms with Crippen LogP contribution < -0.4 is 15.6 Å². The Balaban J connectivity index is 1.61. The zero-order valence-electron chi connectivity index (χ0n) is 14.5. The molecule has 0 unspecified atom stereocenters. The van der Waals surface area contributed by atoms with Gasteiger partial charge in [-0.25, -0.2) is 17.2 Å². The summed E-state index contributed by atoms with van der Waals surface area (Å²) in [6.07, 6.45) is 0. The summed E-state index contributed by atoms with van der Waals surface area (Å²) in [7, 11) is -3.71. The second-order valence-electron chi connectivity index (χ2n) is 5.68. The molecular formula is C18H13F2N3O4S2. The largest absolute Gasteiger partial charge is 0.279 e. The summed E-state index contributed by atoms with van der Waals surface area (Å²) in [6, 6.07) is 10.8. The lowest BCUT2D eigenvalue weighted by Gasteiger charge is -2.09. The van der Waals surface area contributed by atoms with Crippen molar-refractivity contribution >= 4 is 38.9 Å². The van der Waals surface area contributed by atoms with Gasteiger partial charge in [-0.2, -0.15) is 0 Å². The summed E-state index contributed by atoms with van der Waals surface area (Å²) in [5.74, 6) is -3.47. The van der Waals surface area contributed by atoms with Crippen molar-refractivity contribution in [2.45, 2.75) is 4.21 Å². The third-order valence-electron chi connectivity index (χ3n) is 3.57. The van der Waals surface area contributed by atoms with E-state index in [1.54, 1.807) is 11.4 Å². The molecule has 29 heavy (non-hydrogen) atoms.